The van der Waals surface area contributed by atoms with Gasteiger partial charge in [-0.25, -0.2) is 4.79 Å². The lowest BCUT2D eigenvalue weighted by Gasteiger charge is -2.26. The SMILES string of the molecule is COC(=O)OC1=C(C)OC(N)=C(C#N)C1c1ccc(Cl)c(Cl)c1. The summed E-state index contributed by atoms with van der Waals surface area (Å²) in [6, 6.07) is 6.76. The highest BCUT2D eigenvalue weighted by molar-refractivity contribution is 6.42. The molecule has 0 aromatic heterocycles. The molecule has 23 heavy (non-hydrogen) atoms. The van der Waals surface area contributed by atoms with Gasteiger partial charge in [-0.3, -0.25) is 0 Å². The molecule has 1 aliphatic heterocycles. The number of nitriles is 1. The van der Waals surface area contributed by atoms with Gasteiger partial charge in [-0.1, -0.05) is 29.3 Å². The van der Waals surface area contributed by atoms with Crippen LogP contribution in [0.25, 0.3) is 0 Å². The molecule has 0 bridgehead atoms. The Kier molecular flexibility index (Phi) is 5.04. The van der Waals surface area contributed by atoms with Crippen molar-refractivity contribution in [1.29, 1.82) is 5.26 Å². The van der Waals surface area contributed by atoms with Crippen molar-refractivity contribution in [3.63, 3.8) is 0 Å². The summed E-state index contributed by atoms with van der Waals surface area (Å²) in [6.07, 6.45) is -0.939. The lowest BCUT2D eigenvalue weighted by atomic mass is 9.88. The fourth-order valence-electron chi connectivity index (χ4n) is 2.14. The number of nitrogens with zero attached hydrogens (tertiary/aromatic N) is 1. The van der Waals surface area contributed by atoms with E-state index in [2.05, 4.69) is 4.74 Å². The summed E-state index contributed by atoms with van der Waals surface area (Å²) in [5.74, 6) is -0.495. The van der Waals surface area contributed by atoms with Crippen LogP contribution in [0.2, 0.25) is 10.0 Å². The second-order valence-electron chi connectivity index (χ2n) is 4.57. The summed E-state index contributed by atoms with van der Waals surface area (Å²) in [6.45, 7) is 1.56. The number of hydrogen-bond donors (Lipinski definition) is 1. The number of rotatable bonds is 2. The van der Waals surface area contributed by atoms with E-state index in [0.717, 1.165) is 0 Å². The van der Waals surface area contributed by atoms with Crippen molar-refractivity contribution in [2.75, 3.05) is 7.11 Å². The summed E-state index contributed by atoms with van der Waals surface area (Å²) in [5, 5.41) is 10.0. The maximum Gasteiger partial charge on any atom is 0.513 e. The minimum Gasteiger partial charge on any atom is -0.442 e. The van der Waals surface area contributed by atoms with Gasteiger partial charge in [0.1, 0.15) is 17.4 Å². The Balaban J connectivity index is 2.59. The van der Waals surface area contributed by atoms with Gasteiger partial charge < -0.3 is 19.9 Å². The number of hydrogen-bond acceptors (Lipinski definition) is 6. The monoisotopic (exact) mass is 354 g/mol. The fraction of sp³-hybridized carbons (Fsp3) is 0.200. The third-order valence-corrected chi connectivity index (χ3v) is 3.92. The van der Waals surface area contributed by atoms with Crippen LogP contribution in [0.1, 0.15) is 18.4 Å². The van der Waals surface area contributed by atoms with Crippen molar-refractivity contribution < 1.29 is 19.0 Å². The van der Waals surface area contributed by atoms with Gasteiger partial charge >= 0.3 is 6.16 Å². The highest BCUT2D eigenvalue weighted by Crippen LogP contribution is 2.41. The highest BCUT2D eigenvalue weighted by Gasteiger charge is 2.35. The molecule has 1 heterocycles. The first kappa shape index (κ1) is 17.0. The molecule has 1 unspecified atom stereocenters. The second kappa shape index (κ2) is 6.82. The lowest BCUT2D eigenvalue weighted by Crippen LogP contribution is -2.23. The van der Waals surface area contributed by atoms with Gasteiger partial charge in [0.2, 0.25) is 5.88 Å². The van der Waals surface area contributed by atoms with Gasteiger partial charge in [-0.2, -0.15) is 5.26 Å². The van der Waals surface area contributed by atoms with E-state index < -0.39 is 12.1 Å². The van der Waals surface area contributed by atoms with Gasteiger partial charge in [0.05, 0.1) is 23.1 Å². The van der Waals surface area contributed by atoms with Crippen LogP contribution in [-0.2, 0) is 14.2 Å². The molecule has 0 radical (unpaired) electrons. The summed E-state index contributed by atoms with van der Waals surface area (Å²) in [4.78, 5) is 11.5. The van der Waals surface area contributed by atoms with Crippen LogP contribution in [0.15, 0.2) is 41.2 Å². The van der Waals surface area contributed by atoms with Crippen LogP contribution in [0, 0.1) is 11.3 Å². The molecule has 0 saturated carbocycles. The molecule has 0 amide bonds. The minimum absolute atomic E-state index is 0.0710. The average molecular weight is 355 g/mol. The van der Waals surface area contributed by atoms with E-state index in [4.69, 9.17) is 38.4 Å². The molecular formula is C15H12Cl2N2O4. The second-order valence-corrected chi connectivity index (χ2v) is 5.39. The first-order valence-electron chi connectivity index (χ1n) is 6.38. The van der Waals surface area contributed by atoms with E-state index in [1.54, 1.807) is 25.1 Å². The third-order valence-electron chi connectivity index (χ3n) is 3.18. The van der Waals surface area contributed by atoms with Crippen LogP contribution in [-0.4, -0.2) is 13.3 Å². The van der Waals surface area contributed by atoms with Crippen molar-refractivity contribution in [2.24, 2.45) is 5.73 Å². The molecule has 8 heteroatoms. The molecule has 1 aromatic rings. The Bertz CT molecular complexity index is 765. The number of carbonyl (C=O) groups is 1. The molecule has 0 aliphatic carbocycles. The zero-order valence-electron chi connectivity index (χ0n) is 12.2. The average Bonchev–Trinajstić information content (AvgIpc) is 2.52. The Labute approximate surface area is 142 Å². The molecule has 0 fully saturated rings. The molecule has 120 valence electrons. The topological polar surface area (TPSA) is 94.6 Å². The summed E-state index contributed by atoms with van der Waals surface area (Å²) >= 11 is 12.0. The van der Waals surface area contributed by atoms with Crippen molar-refractivity contribution in [3.8, 4) is 6.07 Å². The van der Waals surface area contributed by atoms with Gasteiger partial charge in [0, 0.05) is 0 Å². The van der Waals surface area contributed by atoms with Gasteiger partial charge in [-0.05, 0) is 24.6 Å². The lowest BCUT2D eigenvalue weighted by molar-refractivity contribution is 0.0857. The first-order chi connectivity index (χ1) is 10.9. The van der Waals surface area contributed by atoms with Gasteiger partial charge in [-0.15, -0.1) is 0 Å². The highest BCUT2D eigenvalue weighted by atomic mass is 35.5. The molecule has 6 nitrogen and oxygen atoms in total. The largest absolute Gasteiger partial charge is 0.513 e. The molecule has 1 atom stereocenters. The number of halogens is 2. The molecule has 2 N–H and O–H groups in total. The molecular weight excluding hydrogens is 343 g/mol. The zero-order chi connectivity index (χ0) is 17.1. The predicted molar refractivity (Wildman–Crippen MR) is 83.3 cm³/mol. The molecule has 0 saturated heterocycles. The van der Waals surface area contributed by atoms with Crippen LogP contribution in [0.5, 0.6) is 0 Å². The molecule has 1 aromatic carbocycles. The number of benzene rings is 1. The summed E-state index contributed by atoms with van der Waals surface area (Å²) in [7, 11) is 1.17. The fourth-order valence-corrected chi connectivity index (χ4v) is 2.45. The molecule has 2 rings (SSSR count). The van der Waals surface area contributed by atoms with Crippen LogP contribution >= 0.6 is 23.2 Å². The Hall–Kier alpha value is -2.36. The maximum absolute atomic E-state index is 11.5. The Morgan fingerprint density at radius 2 is 2.09 bits per heavy atom. The normalized spacial score (nSPS) is 17.4. The first-order valence-corrected chi connectivity index (χ1v) is 7.13. The summed E-state index contributed by atoms with van der Waals surface area (Å²) in [5.41, 5.74) is 6.43. The van der Waals surface area contributed by atoms with Gasteiger partial charge in [0.25, 0.3) is 0 Å². The number of nitrogens with two attached hydrogens (primary N) is 1. The van der Waals surface area contributed by atoms with E-state index in [1.807, 2.05) is 6.07 Å². The van der Waals surface area contributed by atoms with E-state index >= 15 is 0 Å². The van der Waals surface area contributed by atoms with Crippen LogP contribution < -0.4 is 5.73 Å². The zero-order valence-corrected chi connectivity index (χ0v) is 13.7. The predicted octanol–water partition coefficient (Wildman–Crippen LogP) is 3.82. The molecule has 0 spiro atoms. The number of allylic oxidation sites excluding steroid dienone is 2. The number of methoxy groups -OCH3 is 1. The third kappa shape index (κ3) is 3.36. The maximum atomic E-state index is 11.5. The quantitative estimate of drug-likeness (QED) is 0.811. The van der Waals surface area contributed by atoms with Crippen molar-refractivity contribution in [3.05, 3.63) is 56.8 Å². The Morgan fingerprint density at radius 3 is 2.65 bits per heavy atom. The van der Waals surface area contributed by atoms with E-state index in [9.17, 15) is 10.1 Å². The number of ether oxygens (including phenoxy) is 3. The Morgan fingerprint density at radius 1 is 1.39 bits per heavy atom. The van der Waals surface area contributed by atoms with E-state index in [0.29, 0.717) is 15.6 Å². The minimum atomic E-state index is -0.939. The summed E-state index contributed by atoms with van der Waals surface area (Å²) < 4.78 is 14.9. The van der Waals surface area contributed by atoms with Crippen LogP contribution in [0.4, 0.5) is 4.79 Å². The standard InChI is InChI=1S/C15H12Cl2N2O4/c1-7-13(23-15(20)21-2)12(9(6-18)14(19)22-7)8-3-4-10(16)11(17)5-8/h3-5,12H,19H2,1-2H3. The van der Waals surface area contributed by atoms with Gasteiger partial charge in [0.15, 0.2) is 5.76 Å². The van der Waals surface area contributed by atoms with Crippen LogP contribution in [0.3, 0.4) is 0 Å². The number of carbonyl (C=O) groups excluding carboxylic acids is 1. The van der Waals surface area contributed by atoms with E-state index in [-0.39, 0.29) is 23.0 Å². The van der Waals surface area contributed by atoms with Crippen molar-refractivity contribution >= 4 is 29.4 Å². The van der Waals surface area contributed by atoms with E-state index in [1.165, 1.54) is 7.11 Å². The van der Waals surface area contributed by atoms with Crippen molar-refractivity contribution in [2.45, 2.75) is 12.8 Å². The smallest absolute Gasteiger partial charge is 0.442 e. The van der Waals surface area contributed by atoms with Crippen molar-refractivity contribution in [1.82, 2.24) is 0 Å². The molecule has 1 aliphatic rings.